The maximum Gasteiger partial charge on any atom is 0.414 e. The van der Waals surface area contributed by atoms with Crippen molar-refractivity contribution in [3.63, 3.8) is 0 Å². The Morgan fingerprint density at radius 2 is 2.33 bits per heavy atom. The van der Waals surface area contributed by atoms with E-state index in [-0.39, 0.29) is 5.84 Å². The van der Waals surface area contributed by atoms with Gasteiger partial charge in [0.1, 0.15) is 11.9 Å². The lowest BCUT2D eigenvalue weighted by Gasteiger charge is -2.27. The predicted molar refractivity (Wildman–Crippen MR) is 78.9 cm³/mol. The quantitative estimate of drug-likeness (QED) is 0.344. The third-order valence-corrected chi connectivity index (χ3v) is 3.82. The number of amides is 1. The van der Waals surface area contributed by atoms with E-state index >= 15 is 0 Å². The molecule has 0 saturated carbocycles. The van der Waals surface area contributed by atoms with Crippen molar-refractivity contribution < 1.29 is 15.1 Å². The third-order valence-electron chi connectivity index (χ3n) is 2.90. The number of aryl methyl sites for hydroxylation is 2. The molecular weight excluding hydrogens is 294 g/mol. The van der Waals surface area contributed by atoms with Gasteiger partial charge in [-0.05, 0) is 18.4 Å². The van der Waals surface area contributed by atoms with E-state index in [4.69, 9.17) is 10.9 Å². The predicted octanol–water partition coefficient (Wildman–Crippen LogP) is 1.76. The molecule has 0 aliphatic rings. The van der Waals surface area contributed by atoms with Gasteiger partial charge in [-0.15, -0.1) is 11.3 Å². The van der Waals surface area contributed by atoms with Crippen LogP contribution < -0.4 is 10.6 Å². The number of carboxylic acid groups (broad SMARTS) is 1. The van der Waals surface area contributed by atoms with E-state index in [1.54, 1.807) is 37.6 Å². The molecule has 21 heavy (non-hydrogen) atoms. The zero-order valence-corrected chi connectivity index (χ0v) is 12.3. The van der Waals surface area contributed by atoms with Gasteiger partial charge in [0.15, 0.2) is 5.84 Å². The highest BCUT2D eigenvalue weighted by Crippen LogP contribution is 2.30. The van der Waals surface area contributed by atoms with Crippen LogP contribution in [-0.4, -0.2) is 32.0 Å². The average molecular weight is 309 g/mol. The van der Waals surface area contributed by atoms with Crippen molar-refractivity contribution in [2.75, 3.05) is 4.90 Å². The van der Waals surface area contributed by atoms with Gasteiger partial charge in [0.25, 0.3) is 0 Å². The van der Waals surface area contributed by atoms with E-state index < -0.39 is 12.1 Å². The smallest absolute Gasteiger partial charge is 0.414 e. The first-order valence-corrected chi connectivity index (χ1v) is 6.87. The molecule has 2 heterocycles. The largest absolute Gasteiger partial charge is 0.465 e. The van der Waals surface area contributed by atoms with Gasteiger partial charge in [0.05, 0.1) is 5.69 Å². The summed E-state index contributed by atoms with van der Waals surface area (Å²) in [5.41, 5.74) is 6.38. The van der Waals surface area contributed by atoms with Crippen LogP contribution in [0.5, 0.6) is 0 Å². The minimum Gasteiger partial charge on any atom is -0.465 e. The molecule has 2 aromatic heterocycles. The third kappa shape index (κ3) is 2.82. The topological polar surface area (TPSA) is 117 Å². The molecule has 0 aliphatic carbocycles. The van der Waals surface area contributed by atoms with Gasteiger partial charge in [0, 0.05) is 18.0 Å². The fourth-order valence-electron chi connectivity index (χ4n) is 2.07. The number of thiophene rings is 1. The molecule has 1 amide bonds. The Labute approximate surface area is 124 Å². The van der Waals surface area contributed by atoms with E-state index in [1.165, 1.54) is 16.0 Å². The number of rotatable bonds is 4. The van der Waals surface area contributed by atoms with Crippen LogP contribution in [0, 0.1) is 6.92 Å². The van der Waals surface area contributed by atoms with Gasteiger partial charge in [-0.2, -0.15) is 5.10 Å². The molecular formula is C12H15N5O3S. The Hall–Kier alpha value is -2.55. The number of anilines is 1. The summed E-state index contributed by atoms with van der Waals surface area (Å²) in [7, 11) is 1.63. The molecule has 0 fully saturated rings. The highest BCUT2D eigenvalue weighted by atomic mass is 32.1. The summed E-state index contributed by atoms with van der Waals surface area (Å²) in [4.78, 5) is 13.4. The van der Waals surface area contributed by atoms with Gasteiger partial charge in [-0.1, -0.05) is 11.2 Å². The van der Waals surface area contributed by atoms with Crippen LogP contribution in [0.25, 0.3) is 0 Å². The molecule has 8 nitrogen and oxygen atoms in total. The number of hydrogen-bond donors (Lipinski definition) is 3. The maximum absolute atomic E-state index is 11.7. The molecule has 4 N–H and O–H groups in total. The van der Waals surface area contributed by atoms with Crippen molar-refractivity contribution in [3.8, 4) is 0 Å². The summed E-state index contributed by atoms with van der Waals surface area (Å²) in [6, 6.07) is 4.21. The second kappa shape index (κ2) is 5.83. The van der Waals surface area contributed by atoms with Gasteiger partial charge >= 0.3 is 6.09 Å². The Morgan fingerprint density at radius 3 is 2.76 bits per heavy atom. The summed E-state index contributed by atoms with van der Waals surface area (Å²) in [5.74, 6) is 0.128. The van der Waals surface area contributed by atoms with Gasteiger partial charge < -0.3 is 16.0 Å². The van der Waals surface area contributed by atoms with Crippen molar-refractivity contribution in [2.24, 2.45) is 17.9 Å². The molecule has 0 radical (unpaired) electrons. The highest BCUT2D eigenvalue weighted by Gasteiger charge is 2.33. The summed E-state index contributed by atoms with van der Waals surface area (Å²) >= 11 is 1.32. The van der Waals surface area contributed by atoms with Crippen LogP contribution in [0.15, 0.2) is 28.7 Å². The van der Waals surface area contributed by atoms with E-state index in [1.807, 2.05) is 0 Å². The lowest BCUT2D eigenvalue weighted by Crippen LogP contribution is -2.42. The molecule has 2 rings (SSSR count). The first kappa shape index (κ1) is 14.9. The molecule has 1 unspecified atom stereocenters. The second-order valence-electron chi connectivity index (χ2n) is 4.36. The van der Waals surface area contributed by atoms with Crippen molar-refractivity contribution in [1.29, 1.82) is 0 Å². The monoisotopic (exact) mass is 309 g/mol. The lowest BCUT2D eigenvalue weighted by molar-refractivity contribution is 0.200. The van der Waals surface area contributed by atoms with Crippen LogP contribution >= 0.6 is 11.3 Å². The zero-order chi connectivity index (χ0) is 15.6. The maximum atomic E-state index is 11.7. The Balaban J connectivity index is 2.58. The summed E-state index contributed by atoms with van der Waals surface area (Å²) in [6.45, 7) is 1.76. The summed E-state index contributed by atoms with van der Waals surface area (Å²) in [6.07, 6.45) is -1.22. The number of amidine groups is 1. The number of aromatic nitrogens is 2. The van der Waals surface area contributed by atoms with Crippen LogP contribution in [0.2, 0.25) is 0 Å². The number of carbonyl (C=O) groups is 1. The number of nitrogens with two attached hydrogens (primary N) is 1. The first-order chi connectivity index (χ1) is 9.95. The van der Waals surface area contributed by atoms with Crippen LogP contribution in [0.4, 0.5) is 10.6 Å². The van der Waals surface area contributed by atoms with E-state index in [0.717, 1.165) is 4.90 Å². The molecule has 112 valence electrons. The molecule has 9 heteroatoms. The van der Waals surface area contributed by atoms with Crippen molar-refractivity contribution in [3.05, 3.63) is 34.2 Å². The minimum atomic E-state index is -1.22. The van der Waals surface area contributed by atoms with E-state index in [2.05, 4.69) is 10.3 Å². The van der Waals surface area contributed by atoms with Gasteiger partial charge in [0.2, 0.25) is 0 Å². The normalized spacial score (nSPS) is 13.1. The summed E-state index contributed by atoms with van der Waals surface area (Å²) < 4.78 is 1.44. The molecule has 0 aromatic carbocycles. The molecule has 0 saturated heterocycles. The molecule has 2 aromatic rings. The lowest BCUT2D eigenvalue weighted by atomic mass is 10.2. The standard InChI is InChI=1S/C12H15N5O3S/c1-7-6-9(16(2)14-7)17(12(18)19)10(11(13)15-20)8-4-3-5-21-8/h3-6,10,20H,1-2H3,(H2,13,15)(H,18,19). The fraction of sp³-hybridized carbons (Fsp3) is 0.250. The van der Waals surface area contributed by atoms with Crippen LogP contribution in [0.3, 0.4) is 0 Å². The Bertz CT molecular complexity index is 664. The van der Waals surface area contributed by atoms with Crippen molar-refractivity contribution in [2.45, 2.75) is 13.0 Å². The minimum absolute atomic E-state index is 0.210. The van der Waals surface area contributed by atoms with Crippen LogP contribution in [0.1, 0.15) is 16.6 Å². The van der Waals surface area contributed by atoms with E-state index in [0.29, 0.717) is 16.4 Å². The number of hydrogen-bond acceptors (Lipinski definition) is 5. The number of nitrogens with zero attached hydrogens (tertiary/aromatic N) is 4. The molecule has 0 bridgehead atoms. The molecule has 0 spiro atoms. The fourth-order valence-corrected chi connectivity index (χ4v) is 2.90. The Morgan fingerprint density at radius 1 is 1.62 bits per heavy atom. The SMILES string of the molecule is Cc1cc(N(C(=O)O)C(C(N)=NO)c2cccs2)n(C)n1. The Kier molecular flexibility index (Phi) is 4.13. The zero-order valence-electron chi connectivity index (χ0n) is 11.5. The molecule has 0 aliphatic heterocycles. The summed E-state index contributed by atoms with van der Waals surface area (Å²) in [5, 5.41) is 27.5. The number of oxime groups is 1. The molecule has 1 atom stereocenters. The van der Waals surface area contributed by atoms with Gasteiger partial charge in [-0.3, -0.25) is 4.68 Å². The highest BCUT2D eigenvalue weighted by molar-refractivity contribution is 7.10. The van der Waals surface area contributed by atoms with Gasteiger partial charge in [-0.25, -0.2) is 9.69 Å². The van der Waals surface area contributed by atoms with Crippen molar-refractivity contribution >= 4 is 29.1 Å². The first-order valence-electron chi connectivity index (χ1n) is 5.99. The van der Waals surface area contributed by atoms with E-state index in [9.17, 15) is 9.90 Å². The van der Waals surface area contributed by atoms with Crippen LogP contribution in [-0.2, 0) is 7.05 Å². The average Bonchev–Trinajstić information content (AvgIpc) is 3.04. The van der Waals surface area contributed by atoms with Crippen molar-refractivity contribution in [1.82, 2.24) is 9.78 Å². The second-order valence-corrected chi connectivity index (χ2v) is 5.34.